The fourth-order valence-corrected chi connectivity index (χ4v) is 2.29. The van der Waals surface area contributed by atoms with Crippen LogP contribution in [0.1, 0.15) is 0 Å². The Morgan fingerprint density at radius 2 is 1.91 bits per heavy atom. The predicted molar refractivity (Wildman–Crippen MR) is 85.9 cm³/mol. The summed E-state index contributed by atoms with van der Waals surface area (Å²) in [5.74, 6) is 0.273. The lowest BCUT2D eigenvalue weighted by atomic mass is 10.3. The monoisotopic (exact) mass is 316 g/mol. The van der Waals surface area contributed by atoms with Crippen molar-refractivity contribution in [1.29, 1.82) is 0 Å². The quantitative estimate of drug-likeness (QED) is 0.644. The Morgan fingerprint density at radius 1 is 1.22 bits per heavy atom. The minimum absolute atomic E-state index is 0.0789. The van der Waals surface area contributed by atoms with Gasteiger partial charge in [0.1, 0.15) is 0 Å². The Labute approximate surface area is 132 Å². The first-order valence-corrected chi connectivity index (χ1v) is 7.12. The third-order valence-electron chi connectivity index (χ3n) is 3.41. The average molecular weight is 316 g/mol. The molecular weight excluding hydrogens is 300 g/mol. The van der Waals surface area contributed by atoms with Gasteiger partial charge < -0.3 is 20.7 Å². The topological polar surface area (TPSA) is 119 Å². The first kappa shape index (κ1) is 15.0. The van der Waals surface area contributed by atoms with Crippen molar-refractivity contribution in [3.8, 4) is 0 Å². The number of rotatable bonds is 4. The molecule has 3 N–H and O–H groups in total. The third-order valence-corrected chi connectivity index (χ3v) is 3.41. The molecule has 0 atom stereocenters. The molecule has 9 nitrogen and oxygen atoms in total. The maximum Gasteiger partial charge on any atom is 0.353 e. The van der Waals surface area contributed by atoms with Crippen molar-refractivity contribution in [3.63, 3.8) is 0 Å². The Balaban J connectivity index is 1.99. The van der Waals surface area contributed by atoms with Gasteiger partial charge in [-0.05, 0) is 12.1 Å². The van der Waals surface area contributed by atoms with E-state index in [1.807, 2.05) is 23.1 Å². The first-order valence-electron chi connectivity index (χ1n) is 7.12. The number of nitrogens with zero attached hydrogens (tertiary/aromatic N) is 4. The lowest BCUT2D eigenvalue weighted by Crippen LogP contribution is -2.37. The van der Waals surface area contributed by atoms with Gasteiger partial charge in [-0.1, -0.05) is 18.2 Å². The first-order chi connectivity index (χ1) is 11.1. The lowest BCUT2D eigenvalue weighted by Gasteiger charge is -2.27. The van der Waals surface area contributed by atoms with Crippen LogP contribution in [0.5, 0.6) is 0 Å². The molecule has 0 spiro atoms. The van der Waals surface area contributed by atoms with Crippen LogP contribution in [0.25, 0.3) is 0 Å². The number of anilines is 4. The highest BCUT2D eigenvalue weighted by Crippen LogP contribution is 2.32. The zero-order chi connectivity index (χ0) is 16.2. The van der Waals surface area contributed by atoms with Crippen LogP contribution in [0.15, 0.2) is 30.3 Å². The highest BCUT2D eigenvalue weighted by Gasteiger charge is 2.25. The number of para-hydroxylation sites is 1. The third kappa shape index (κ3) is 3.29. The van der Waals surface area contributed by atoms with E-state index in [-0.39, 0.29) is 17.3 Å². The average Bonchev–Trinajstić information content (AvgIpc) is 2.56. The predicted octanol–water partition coefficient (Wildman–Crippen LogP) is 1.55. The summed E-state index contributed by atoms with van der Waals surface area (Å²) in [5.41, 5.74) is 6.15. The van der Waals surface area contributed by atoms with E-state index in [1.54, 1.807) is 12.1 Å². The molecule has 0 aliphatic carbocycles. The molecule has 23 heavy (non-hydrogen) atoms. The van der Waals surface area contributed by atoms with E-state index in [4.69, 9.17) is 10.5 Å². The molecule has 0 bridgehead atoms. The summed E-state index contributed by atoms with van der Waals surface area (Å²) in [6.07, 6.45) is 0. The Hall–Kier alpha value is -2.94. The Bertz CT molecular complexity index is 703. The number of nitrogens with one attached hydrogen (secondary N) is 1. The zero-order valence-electron chi connectivity index (χ0n) is 12.3. The number of ether oxygens (including phenoxy) is 1. The van der Waals surface area contributed by atoms with Crippen molar-refractivity contribution in [2.24, 2.45) is 0 Å². The summed E-state index contributed by atoms with van der Waals surface area (Å²) >= 11 is 0. The van der Waals surface area contributed by atoms with E-state index < -0.39 is 4.92 Å². The molecule has 2 aromatic rings. The highest BCUT2D eigenvalue weighted by molar-refractivity contribution is 5.74. The van der Waals surface area contributed by atoms with Gasteiger partial charge in [0.2, 0.25) is 17.6 Å². The summed E-state index contributed by atoms with van der Waals surface area (Å²) < 4.78 is 5.29. The van der Waals surface area contributed by atoms with E-state index in [1.165, 1.54) is 0 Å². The number of nitro groups is 1. The van der Waals surface area contributed by atoms with Crippen LogP contribution in [-0.2, 0) is 4.74 Å². The van der Waals surface area contributed by atoms with Gasteiger partial charge in [-0.25, -0.2) is 0 Å². The molecule has 120 valence electrons. The smallest absolute Gasteiger partial charge is 0.353 e. The maximum atomic E-state index is 11.3. The van der Waals surface area contributed by atoms with Crippen LogP contribution in [0.2, 0.25) is 0 Å². The summed E-state index contributed by atoms with van der Waals surface area (Å²) in [6.45, 7) is 2.34. The molecule has 1 saturated heterocycles. The van der Waals surface area contributed by atoms with E-state index in [9.17, 15) is 10.1 Å². The number of hydrogen-bond donors (Lipinski definition) is 2. The van der Waals surface area contributed by atoms with Crippen molar-refractivity contribution in [3.05, 3.63) is 40.4 Å². The largest absolute Gasteiger partial charge is 0.378 e. The molecule has 1 aliphatic heterocycles. The molecular formula is C14H16N6O3. The number of aromatic nitrogens is 2. The fourth-order valence-electron chi connectivity index (χ4n) is 2.29. The molecule has 0 unspecified atom stereocenters. The second-order valence-corrected chi connectivity index (χ2v) is 4.95. The van der Waals surface area contributed by atoms with Gasteiger partial charge in [0.05, 0.1) is 18.1 Å². The summed E-state index contributed by atoms with van der Waals surface area (Å²) in [6, 6.07) is 9.07. The van der Waals surface area contributed by atoms with Gasteiger partial charge in [-0.2, -0.15) is 9.97 Å². The zero-order valence-corrected chi connectivity index (χ0v) is 12.3. The van der Waals surface area contributed by atoms with Crippen molar-refractivity contribution in [1.82, 2.24) is 9.97 Å². The van der Waals surface area contributed by atoms with Crippen LogP contribution >= 0.6 is 0 Å². The summed E-state index contributed by atoms with van der Waals surface area (Å²) in [7, 11) is 0. The number of nitrogen functional groups attached to an aromatic ring is 1. The number of benzene rings is 1. The number of hydrogen-bond acceptors (Lipinski definition) is 8. The SMILES string of the molecule is Nc1nc(N2CCOCC2)nc(Nc2ccccc2)c1[N+](=O)[O-]. The standard InChI is InChI=1S/C14H16N6O3/c15-12-11(20(21)22)13(16-10-4-2-1-3-5-10)18-14(17-12)19-6-8-23-9-7-19/h1-5H,6-9H2,(H3,15,16,17,18). The molecule has 0 amide bonds. The van der Waals surface area contributed by atoms with Gasteiger partial charge in [0.15, 0.2) is 0 Å². The normalized spacial score (nSPS) is 14.5. The highest BCUT2D eigenvalue weighted by atomic mass is 16.6. The van der Waals surface area contributed by atoms with Crippen LogP contribution in [-0.4, -0.2) is 41.2 Å². The maximum absolute atomic E-state index is 11.3. The van der Waals surface area contributed by atoms with E-state index in [2.05, 4.69) is 15.3 Å². The van der Waals surface area contributed by atoms with Gasteiger partial charge in [-0.15, -0.1) is 0 Å². The van der Waals surface area contributed by atoms with Gasteiger partial charge in [-0.3, -0.25) is 10.1 Å². The van der Waals surface area contributed by atoms with Gasteiger partial charge >= 0.3 is 5.69 Å². The second kappa shape index (κ2) is 6.44. The summed E-state index contributed by atoms with van der Waals surface area (Å²) in [5, 5.41) is 14.2. The minimum Gasteiger partial charge on any atom is -0.378 e. The van der Waals surface area contributed by atoms with Crippen molar-refractivity contribution < 1.29 is 9.66 Å². The molecule has 0 radical (unpaired) electrons. The molecule has 3 rings (SSSR count). The van der Waals surface area contributed by atoms with E-state index in [0.29, 0.717) is 37.9 Å². The molecule has 2 heterocycles. The molecule has 1 fully saturated rings. The van der Waals surface area contributed by atoms with Crippen molar-refractivity contribution >= 4 is 29.0 Å². The van der Waals surface area contributed by atoms with Crippen LogP contribution in [0.4, 0.5) is 29.0 Å². The Kier molecular flexibility index (Phi) is 4.20. The van der Waals surface area contributed by atoms with E-state index >= 15 is 0 Å². The molecule has 1 aromatic heterocycles. The van der Waals surface area contributed by atoms with Crippen LogP contribution in [0, 0.1) is 10.1 Å². The van der Waals surface area contributed by atoms with Gasteiger partial charge in [0.25, 0.3) is 0 Å². The van der Waals surface area contributed by atoms with Gasteiger partial charge in [0, 0.05) is 18.8 Å². The lowest BCUT2D eigenvalue weighted by molar-refractivity contribution is -0.383. The molecule has 1 aliphatic rings. The minimum atomic E-state index is -0.580. The van der Waals surface area contributed by atoms with Crippen LogP contribution < -0.4 is 16.0 Å². The number of nitrogens with two attached hydrogens (primary N) is 1. The van der Waals surface area contributed by atoms with E-state index in [0.717, 1.165) is 0 Å². The summed E-state index contributed by atoms with van der Waals surface area (Å²) in [4.78, 5) is 21.0. The van der Waals surface area contributed by atoms with Crippen LogP contribution in [0.3, 0.4) is 0 Å². The van der Waals surface area contributed by atoms with Crippen molar-refractivity contribution in [2.75, 3.05) is 42.3 Å². The molecule has 1 aromatic carbocycles. The second-order valence-electron chi connectivity index (χ2n) is 4.95. The molecule has 9 heteroatoms. The molecule has 0 saturated carbocycles. The van der Waals surface area contributed by atoms with Crippen molar-refractivity contribution in [2.45, 2.75) is 0 Å². The Morgan fingerprint density at radius 3 is 2.57 bits per heavy atom. The number of morpholine rings is 1. The fraction of sp³-hybridized carbons (Fsp3) is 0.286.